The molecule has 0 bridgehead atoms. The van der Waals surface area contributed by atoms with Gasteiger partial charge in [-0.3, -0.25) is 9.79 Å². The molecule has 122 valence electrons. The minimum atomic E-state index is -0.0674. The van der Waals surface area contributed by atoms with Crippen LogP contribution in [-0.4, -0.2) is 37.7 Å². The predicted octanol–water partition coefficient (Wildman–Crippen LogP) is 2.46. The van der Waals surface area contributed by atoms with Crippen molar-refractivity contribution in [1.29, 1.82) is 0 Å². The summed E-state index contributed by atoms with van der Waals surface area (Å²) in [5, 5.41) is 6.57. The Morgan fingerprint density at radius 1 is 1.29 bits per heavy atom. The summed E-state index contributed by atoms with van der Waals surface area (Å²) < 4.78 is 5.43. The van der Waals surface area contributed by atoms with Crippen LogP contribution in [0.15, 0.2) is 4.99 Å². The van der Waals surface area contributed by atoms with Crippen LogP contribution in [0.1, 0.15) is 59.3 Å². The van der Waals surface area contributed by atoms with E-state index in [0.29, 0.717) is 18.4 Å². The van der Waals surface area contributed by atoms with Gasteiger partial charge in [-0.25, -0.2) is 0 Å². The summed E-state index contributed by atoms with van der Waals surface area (Å²) in [7, 11) is 1.76. The second-order valence-electron chi connectivity index (χ2n) is 6.18. The van der Waals surface area contributed by atoms with E-state index in [0.717, 1.165) is 31.8 Å². The molecule has 5 heteroatoms. The van der Waals surface area contributed by atoms with Gasteiger partial charge in [-0.15, -0.1) is 0 Å². The van der Waals surface area contributed by atoms with Crippen molar-refractivity contribution in [3.8, 4) is 0 Å². The van der Waals surface area contributed by atoms with Crippen molar-refractivity contribution in [2.24, 2.45) is 10.9 Å². The Bertz CT molecular complexity index is 336. The third-order valence-electron chi connectivity index (χ3n) is 4.04. The van der Waals surface area contributed by atoms with Crippen molar-refractivity contribution in [2.75, 3.05) is 13.6 Å². The van der Waals surface area contributed by atoms with Crippen LogP contribution in [0.4, 0.5) is 0 Å². The monoisotopic (exact) mass is 297 g/mol. The van der Waals surface area contributed by atoms with Crippen molar-refractivity contribution >= 4 is 11.9 Å². The van der Waals surface area contributed by atoms with E-state index in [1.54, 1.807) is 7.05 Å². The molecule has 0 heterocycles. The molecule has 0 aromatic heterocycles. The van der Waals surface area contributed by atoms with Crippen molar-refractivity contribution in [2.45, 2.75) is 71.4 Å². The lowest BCUT2D eigenvalue weighted by Gasteiger charge is -2.20. The molecule has 0 aromatic rings. The Kier molecular flexibility index (Phi) is 8.16. The normalized spacial score (nSPS) is 17.9. The van der Waals surface area contributed by atoms with Gasteiger partial charge in [-0.2, -0.15) is 0 Å². The number of hydrogen-bond acceptors (Lipinski definition) is 3. The van der Waals surface area contributed by atoms with Gasteiger partial charge >= 0.3 is 5.97 Å². The van der Waals surface area contributed by atoms with Crippen LogP contribution < -0.4 is 10.6 Å². The Labute approximate surface area is 128 Å². The molecule has 1 aliphatic carbocycles. The van der Waals surface area contributed by atoms with Crippen LogP contribution in [0.25, 0.3) is 0 Å². The van der Waals surface area contributed by atoms with Crippen LogP contribution in [0.2, 0.25) is 0 Å². The minimum absolute atomic E-state index is 0.0674. The SMILES string of the molecule is CN=C(NCCCC(=O)OC1CCCC1)NC(C)C(C)C. The summed E-state index contributed by atoms with van der Waals surface area (Å²) in [6.07, 6.45) is 5.86. The first-order chi connectivity index (χ1) is 10.0. The predicted molar refractivity (Wildman–Crippen MR) is 86.4 cm³/mol. The number of carbonyl (C=O) groups excluding carboxylic acids is 1. The average Bonchev–Trinajstić information content (AvgIpc) is 2.94. The van der Waals surface area contributed by atoms with E-state index in [-0.39, 0.29) is 12.1 Å². The Morgan fingerprint density at radius 2 is 1.95 bits per heavy atom. The van der Waals surface area contributed by atoms with Crippen molar-refractivity contribution in [3.05, 3.63) is 0 Å². The molecule has 1 unspecified atom stereocenters. The summed E-state index contributed by atoms with van der Waals surface area (Å²) in [5.41, 5.74) is 0. The maximum Gasteiger partial charge on any atom is 0.306 e. The number of nitrogens with zero attached hydrogens (tertiary/aromatic N) is 1. The van der Waals surface area contributed by atoms with E-state index in [1.165, 1.54) is 12.8 Å². The number of rotatable bonds is 7. The number of aliphatic imine (C=N–C) groups is 1. The van der Waals surface area contributed by atoms with Crippen LogP contribution in [-0.2, 0) is 9.53 Å². The zero-order chi connectivity index (χ0) is 15.7. The fourth-order valence-corrected chi connectivity index (χ4v) is 2.27. The number of esters is 1. The fourth-order valence-electron chi connectivity index (χ4n) is 2.27. The van der Waals surface area contributed by atoms with Gasteiger partial charge in [0.2, 0.25) is 0 Å². The molecule has 2 N–H and O–H groups in total. The van der Waals surface area contributed by atoms with Gasteiger partial charge in [0.25, 0.3) is 0 Å². The molecule has 1 aliphatic rings. The molecule has 1 rings (SSSR count). The van der Waals surface area contributed by atoms with Crippen LogP contribution >= 0.6 is 0 Å². The molecule has 0 spiro atoms. The topological polar surface area (TPSA) is 62.7 Å². The molecule has 1 fully saturated rings. The molecule has 1 saturated carbocycles. The lowest BCUT2D eigenvalue weighted by atomic mass is 10.1. The largest absolute Gasteiger partial charge is 0.462 e. The highest BCUT2D eigenvalue weighted by Crippen LogP contribution is 2.21. The van der Waals surface area contributed by atoms with Crippen LogP contribution in [0, 0.1) is 5.92 Å². The summed E-state index contributed by atoms with van der Waals surface area (Å²) in [5.74, 6) is 1.27. The van der Waals surface area contributed by atoms with Gasteiger partial charge in [-0.05, 0) is 44.9 Å². The molecule has 0 aliphatic heterocycles. The summed E-state index contributed by atoms with van der Waals surface area (Å²) in [4.78, 5) is 15.9. The van der Waals surface area contributed by atoms with Crippen LogP contribution in [0.5, 0.6) is 0 Å². The lowest BCUT2D eigenvalue weighted by Crippen LogP contribution is -2.44. The van der Waals surface area contributed by atoms with Gasteiger partial charge in [-0.1, -0.05) is 13.8 Å². The lowest BCUT2D eigenvalue weighted by molar-refractivity contribution is -0.148. The Hall–Kier alpha value is -1.26. The fraction of sp³-hybridized carbons (Fsp3) is 0.875. The first kappa shape index (κ1) is 17.8. The summed E-state index contributed by atoms with van der Waals surface area (Å²) >= 11 is 0. The third kappa shape index (κ3) is 7.34. The zero-order valence-corrected chi connectivity index (χ0v) is 13.9. The van der Waals surface area contributed by atoms with Crippen molar-refractivity contribution in [3.63, 3.8) is 0 Å². The molecule has 5 nitrogen and oxygen atoms in total. The van der Waals surface area contributed by atoms with Gasteiger partial charge in [0.05, 0.1) is 0 Å². The Balaban J connectivity index is 2.12. The second kappa shape index (κ2) is 9.64. The van der Waals surface area contributed by atoms with Crippen molar-refractivity contribution < 1.29 is 9.53 Å². The number of nitrogens with one attached hydrogen (secondary N) is 2. The van der Waals surface area contributed by atoms with E-state index >= 15 is 0 Å². The van der Waals surface area contributed by atoms with Crippen molar-refractivity contribution in [1.82, 2.24) is 10.6 Å². The third-order valence-corrected chi connectivity index (χ3v) is 4.04. The molecular formula is C16H31N3O2. The quantitative estimate of drug-likeness (QED) is 0.328. The number of hydrogen-bond donors (Lipinski definition) is 2. The van der Waals surface area contributed by atoms with E-state index in [2.05, 4.69) is 36.4 Å². The highest BCUT2D eigenvalue weighted by molar-refractivity contribution is 5.80. The first-order valence-electron chi connectivity index (χ1n) is 8.19. The van der Waals surface area contributed by atoms with Gasteiger partial charge in [0, 0.05) is 26.1 Å². The molecular weight excluding hydrogens is 266 g/mol. The number of carbonyl (C=O) groups is 1. The van der Waals surface area contributed by atoms with Gasteiger partial charge in [0.1, 0.15) is 6.10 Å². The average molecular weight is 297 g/mol. The van der Waals surface area contributed by atoms with Gasteiger partial charge in [0.15, 0.2) is 5.96 Å². The number of ether oxygens (including phenoxy) is 1. The van der Waals surface area contributed by atoms with Gasteiger partial charge < -0.3 is 15.4 Å². The maximum atomic E-state index is 11.7. The molecule has 0 saturated heterocycles. The molecule has 1 atom stereocenters. The second-order valence-corrected chi connectivity index (χ2v) is 6.18. The van der Waals surface area contributed by atoms with Crippen LogP contribution in [0.3, 0.4) is 0 Å². The standard InChI is InChI=1S/C16H31N3O2/c1-12(2)13(3)19-16(17-4)18-11-7-10-15(20)21-14-8-5-6-9-14/h12-14H,5-11H2,1-4H3,(H2,17,18,19). The highest BCUT2D eigenvalue weighted by atomic mass is 16.5. The Morgan fingerprint density at radius 3 is 2.52 bits per heavy atom. The molecule has 0 aromatic carbocycles. The van der Waals surface area contributed by atoms with E-state index < -0.39 is 0 Å². The summed E-state index contributed by atoms with van der Waals surface area (Å²) in [6, 6.07) is 0.364. The maximum absolute atomic E-state index is 11.7. The zero-order valence-electron chi connectivity index (χ0n) is 13.9. The highest BCUT2D eigenvalue weighted by Gasteiger charge is 2.18. The van der Waals surface area contributed by atoms with E-state index in [4.69, 9.17) is 4.74 Å². The van der Waals surface area contributed by atoms with E-state index in [1.807, 2.05) is 0 Å². The molecule has 21 heavy (non-hydrogen) atoms. The smallest absolute Gasteiger partial charge is 0.306 e. The molecule has 0 radical (unpaired) electrons. The van der Waals surface area contributed by atoms with E-state index in [9.17, 15) is 4.79 Å². The molecule has 0 amide bonds. The number of guanidine groups is 1. The minimum Gasteiger partial charge on any atom is -0.462 e. The summed E-state index contributed by atoms with van der Waals surface area (Å²) in [6.45, 7) is 7.20. The first-order valence-corrected chi connectivity index (χ1v) is 8.19.